The summed E-state index contributed by atoms with van der Waals surface area (Å²) in [6.07, 6.45) is 0. The normalized spacial score (nSPS) is 12.7. The van der Waals surface area contributed by atoms with Gasteiger partial charge in [0.25, 0.3) is 0 Å². The second-order valence-corrected chi connectivity index (χ2v) is 3.26. The first-order chi connectivity index (χ1) is 6.79. The Kier molecular flexibility index (Phi) is 2.26. The predicted molar refractivity (Wildman–Crippen MR) is 52.8 cm³/mol. The van der Waals surface area contributed by atoms with Crippen molar-refractivity contribution >= 4 is 0 Å². The number of tetrazole rings is 1. The maximum Gasteiger partial charge on any atom is 0.148 e. The van der Waals surface area contributed by atoms with Gasteiger partial charge in [-0.1, -0.05) is 30.3 Å². The fourth-order valence-corrected chi connectivity index (χ4v) is 1.47. The van der Waals surface area contributed by atoms with E-state index >= 15 is 0 Å². The molecule has 0 saturated heterocycles. The Morgan fingerprint density at radius 1 is 1.21 bits per heavy atom. The summed E-state index contributed by atoms with van der Waals surface area (Å²) in [7, 11) is 0. The highest BCUT2D eigenvalue weighted by Crippen LogP contribution is 2.16. The van der Waals surface area contributed by atoms with Crippen LogP contribution in [0.5, 0.6) is 0 Å². The molecule has 0 saturated carbocycles. The number of aryl methyl sites for hydroxylation is 1. The molecule has 4 nitrogen and oxygen atoms in total. The average molecular weight is 188 g/mol. The summed E-state index contributed by atoms with van der Waals surface area (Å²) in [5.41, 5.74) is 1.21. The lowest BCUT2D eigenvalue weighted by Gasteiger charge is -2.11. The average Bonchev–Trinajstić information content (AvgIpc) is 2.65. The monoisotopic (exact) mass is 188 g/mol. The van der Waals surface area contributed by atoms with Crippen molar-refractivity contribution in [3.8, 4) is 0 Å². The van der Waals surface area contributed by atoms with E-state index in [2.05, 4.69) is 34.6 Å². The SMILES string of the molecule is Cc1nnnn1[C@H](C)c1ccccc1. The van der Waals surface area contributed by atoms with Gasteiger partial charge in [0.05, 0.1) is 6.04 Å². The van der Waals surface area contributed by atoms with Gasteiger partial charge in [0.1, 0.15) is 5.82 Å². The first kappa shape index (κ1) is 8.87. The zero-order valence-corrected chi connectivity index (χ0v) is 8.25. The third-order valence-electron chi connectivity index (χ3n) is 2.31. The highest BCUT2D eigenvalue weighted by atomic mass is 15.5. The number of benzene rings is 1. The number of rotatable bonds is 2. The van der Waals surface area contributed by atoms with E-state index in [4.69, 9.17) is 0 Å². The quantitative estimate of drug-likeness (QED) is 0.718. The third kappa shape index (κ3) is 1.51. The third-order valence-corrected chi connectivity index (χ3v) is 2.31. The van der Waals surface area contributed by atoms with Crippen molar-refractivity contribution in [3.63, 3.8) is 0 Å². The van der Waals surface area contributed by atoms with Gasteiger partial charge in [-0.3, -0.25) is 0 Å². The Balaban J connectivity index is 2.34. The zero-order chi connectivity index (χ0) is 9.97. The predicted octanol–water partition coefficient (Wildman–Crippen LogP) is 1.59. The van der Waals surface area contributed by atoms with Crippen LogP contribution in [0.3, 0.4) is 0 Å². The largest absolute Gasteiger partial charge is 0.223 e. The van der Waals surface area contributed by atoms with Crippen LogP contribution in [-0.4, -0.2) is 20.2 Å². The number of aromatic nitrogens is 4. The summed E-state index contributed by atoms with van der Waals surface area (Å²) in [6, 6.07) is 10.4. The molecule has 72 valence electrons. The Morgan fingerprint density at radius 2 is 1.93 bits per heavy atom. The molecule has 0 fully saturated rings. The van der Waals surface area contributed by atoms with Crippen molar-refractivity contribution in [2.24, 2.45) is 0 Å². The fourth-order valence-electron chi connectivity index (χ4n) is 1.47. The van der Waals surface area contributed by atoms with E-state index in [-0.39, 0.29) is 6.04 Å². The summed E-state index contributed by atoms with van der Waals surface area (Å²) >= 11 is 0. The highest BCUT2D eigenvalue weighted by Gasteiger charge is 2.10. The summed E-state index contributed by atoms with van der Waals surface area (Å²) in [5, 5.41) is 11.4. The van der Waals surface area contributed by atoms with Gasteiger partial charge in [0.2, 0.25) is 0 Å². The van der Waals surface area contributed by atoms with Crippen LogP contribution in [0.1, 0.15) is 24.4 Å². The molecule has 0 aliphatic carbocycles. The highest BCUT2D eigenvalue weighted by molar-refractivity contribution is 5.18. The van der Waals surface area contributed by atoms with E-state index in [0.29, 0.717) is 0 Å². The van der Waals surface area contributed by atoms with Gasteiger partial charge < -0.3 is 0 Å². The molecule has 1 aromatic carbocycles. The molecule has 0 radical (unpaired) electrons. The Morgan fingerprint density at radius 3 is 2.50 bits per heavy atom. The molecule has 0 N–H and O–H groups in total. The first-order valence-corrected chi connectivity index (χ1v) is 4.58. The van der Waals surface area contributed by atoms with Crippen molar-refractivity contribution in [1.82, 2.24) is 20.2 Å². The van der Waals surface area contributed by atoms with E-state index in [9.17, 15) is 0 Å². The summed E-state index contributed by atoms with van der Waals surface area (Å²) in [4.78, 5) is 0. The van der Waals surface area contributed by atoms with Crippen molar-refractivity contribution in [2.75, 3.05) is 0 Å². The van der Waals surface area contributed by atoms with Gasteiger partial charge in [0, 0.05) is 0 Å². The second kappa shape index (κ2) is 3.57. The van der Waals surface area contributed by atoms with Gasteiger partial charge in [-0.25, -0.2) is 4.68 Å². The molecule has 2 rings (SSSR count). The molecule has 0 amide bonds. The minimum absolute atomic E-state index is 0.186. The number of hydrogen-bond acceptors (Lipinski definition) is 3. The van der Waals surface area contributed by atoms with Gasteiger partial charge in [-0.15, -0.1) is 5.10 Å². The van der Waals surface area contributed by atoms with Gasteiger partial charge >= 0.3 is 0 Å². The second-order valence-electron chi connectivity index (χ2n) is 3.26. The standard InChI is InChI=1S/C10H12N4/c1-8(10-6-4-3-5-7-10)14-9(2)11-12-13-14/h3-8H,1-2H3/t8-/m1/s1. The van der Waals surface area contributed by atoms with Crippen LogP contribution in [0.15, 0.2) is 30.3 Å². The van der Waals surface area contributed by atoms with Crippen molar-refractivity contribution in [1.29, 1.82) is 0 Å². The first-order valence-electron chi connectivity index (χ1n) is 4.58. The lowest BCUT2D eigenvalue weighted by Crippen LogP contribution is -2.10. The molecule has 14 heavy (non-hydrogen) atoms. The minimum Gasteiger partial charge on any atom is -0.223 e. The molecular weight excluding hydrogens is 176 g/mol. The molecule has 0 spiro atoms. The van der Waals surface area contributed by atoms with Gasteiger partial charge in [-0.2, -0.15) is 0 Å². The van der Waals surface area contributed by atoms with Crippen molar-refractivity contribution in [3.05, 3.63) is 41.7 Å². The van der Waals surface area contributed by atoms with E-state index in [1.807, 2.05) is 29.8 Å². The lowest BCUT2D eigenvalue weighted by atomic mass is 10.1. The number of hydrogen-bond donors (Lipinski definition) is 0. The van der Waals surface area contributed by atoms with E-state index in [0.717, 1.165) is 5.82 Å². The van der Waals surface area contributed by atoms with Crippen molar-refractivity contribution in [2.45, 2.75) is 19.9 Å². The van der Waals surface area contributed by atoms with Crippen LogP contribution in [0, 0.1) is 6.92 Å². The molecule has 0 aliphatic rings. The van der Waals surface area contributed by atoms with E-state index < -0.39 is 0 Å². The van der Waals surface area contributed by atoms with Gasteiger partial charge in [0.15, 0.2) is 0 Å². The summed E-state index contributed by atoms with van der Waals surface area (Å²) in [6.45, 7) is 3.98. The lowest BCUT2D eigenvalue weighted by molar-refractivity contribution is 0.530. The topological polar surface area (TPSA) is 43.6 Å². The van der Waals surface area contributed by atoms with Gasteiger partial charge in [-0.05, 0) is 29.8 Å². The molecule has 0 unspecified atom stereocenters. The molecule has 0 aliphatic heterocycles. The zero-order valence-electron chi connectivity index (χ0n) is 8.25. The van der Waals surface area contributed by atoms with Crippen LogP contribution in [0.2, 0.25) is 0 Å². The Hall–Kier alpha value is -1.71. The van der Waals surface area contributed by atoms with Crippen LogP contribution in [-0.2, 0) is 0 Å². The molecule has 2 aromatic rings. The minimum atomic E-state index is 0.186. The molecule has 1 atom stereocenters. The Bertz CT molecular complexity index is 407. The summed E-state index contributed by atoms with van der Waals surface area (Å²) < 4.78 is 1.81. The molecule has 0 bridgehead atoms. The molecule has 1 aromatic heterocycles. The summed E-state index contributed by atoms with van der Waals surface area (Å²) in [5.74, 6) is 0.835. The van der Waals surface area contributed by atoms with E-state index in [1.165, 1.54) is 5.56 Å². The van der Waals surface area contributed by atoms with Crippen LogP contribution in [0.25, 0.3) is 0 Å². The maximum absolute atomic E-state index is 3.95. The van der Waals surface area contributed by atoms with Crippen LogP contribution < -0.4 is 0 Å². The molecular formula is C10H12N4. The van der Waals surface area contributed by atoms with E-state index in [1.54, 1.807) is 0 Å². The molecule has 1 heterocycles. The van der Waals surface area contributed by atoms with Crippen LogP contribution in [0.4, 0.5) is 0 Å². The smallest absolute Gasteiger partial charge is 0.148 e. The maximum atomic E-state index is 3.95. The van der Waals surface area contributed by atoms with Crippen molar-refractivity contribution < 1.29 is 0 Å². The van der Waals surface area contributed by atoms with Crippen LogP contribution >= 0.6 is 0 Å². The Labute approximate surface area is 82.6 Å². The molecule has 4 heteroatoms. The number of nitrogens with zero attached hydrogens (tertiary/aromatic N) is 4. The fraction of sp³-hybridized carbons (Fsp3) is 0.300.